The Balaban J connectivity index is 1.84. The van der Waals surface area contributed by atoms with Crippen molar-refractivity contribution in [1.29, 1.82) is 0 Å². The summed E-state index contributed by atoms with van der Waals surface area (Å²) in [4.78, 5) is 2.50. The van der Waals surface area contributed by atoms with Gasteiger partial charge in [0.2, 0.25) is 0 Å². The molecular formula is C13H19ClN2. The normalized spacial score (nSPS) is 16.6. The van der Waals surface area contributed by atoms with Crippen molar-refractivity contribution in [1.82, 2.24) is 4.90 Å². The van der Waals surface area contributed by atoms with E-state index in [2.05, 4.69) is 23.2 Å². The van der Waals surface area contributed by atoms with E-state index in [0.717, 1.165) is 23.8 Å². The highest BCUT2D eigenvalue weighted by Crippen LogP contribution is 2.24. The van der Waals surface area contributed by atoms with Crippen molar-refractivity contribution in [3.8, 4) is 0 Å². The summed E-state index contributed by atoms with van der Waals surface area (Å²) in [6.45, 7) is 6.69. The Hall–Kier alpha value is -0.730. The van der Waals surface area contributed by atoms with Crippen molar-refractivity contribution in [2.45, 2.75) is 19.8 Å². The highest BCUT2D eigenvalue weighted by molar-refractivity contribution is 6.33. The van der Waals surface area contributed by atoms with Gasteiger partial charge >= 0.3 is 0 Å². The first kappa shape index (κ1) is 11.7. The smallest absolute Gasteiger partial charge is 0.0640 e. The van der Waals surface area contributed by atoms with Crippen molar-refractivity contribution < 1.29 is 0 Å². The number of benzene rings is 1. The second-order valence-corrected chi connectivity index (χ2v) is 4.81. The fourth-order valence-corrected chi connectivity index (χ4v) is 2.49. The Bertz CT molecular complexity index is 326. The van der Waals surface area contributed by atoms with Crippen LogP contribution in [0.4, 0.5) is 5.69 Å². The van der Waals surface area contributed by atoms with Crippen LogP contribution in [0.15, 0.2) is 18.2 Å². The maximum atomic E-state index is 6.15. The molecule has 0 unspecified atom stereocenters. The molecule has 0 radical (unpaired) electrons. The molecule has 0 bridgehead atoms. The standard InChI is InChI=1S/C13H19ClN2/c1-11-5-4-6-12(14)13(11)15-7-10-16-8-2-3-9-16/h4-6,15H,2-3,7-10H2,1H3. The van der Waals surface area contributed by atoms with Gasteiger partial charge in [-0.15, -0.1) is 0 Å². The molecule has 3 heteroatoms. The average molecular weight is 239 g/mol. The molecular weight excluding hydrogens is 220 g/mol. The number of hydrogen-bond donors (Lipinski definition) is 1. The lowest BCUT2D eigenvalue weighted by molar-refractivity contribution is 0.352. The molecule has 1 aliphatic heterocycles. The van der Waals surface area contributed by atoms with Gasteiger partial charge < -0.3 is 10.2 Å². The highest BCUT2D eigenvalue weighted by atomic mass is 35.5. The molecule has 88 valence electrons. The van der Waals surface area contributed by atoms with Crippen LogP contribution in [0.2, 0.25) is 5.02 Å². The third-order valence-corrected chi connectivity index (χ3v) is 3.47. The minimum absolute atomic E-state index is 0.821. The van der Waals surface area contributed by atoms with Crippen molar-refractivity contribution >= 4 is 17.3 Å². The van der Waals surface area contributed by atoms with E-state index >= 15 is 0 Å². The Kier molecular flexibility index (Phi) is 4.08. The Labute approximate surface area is 103 Å². The molecule has 16 heavy (non-hydrogen) atoms. The number of halogens is 1. The molecule has 1 aromatic carbocycles. The molecule has 1 aliphatic rings. The zero-order valence-electron chi connectivity index (χ0n) is 9.80. The van der Waals surface area contributed by atoms with Gasteiger partial charge in [-0.25, -0.2) is 0 Å². The Morgan fingerprint density at radius 1 is 1.31 bits per heavy atom. The van der Waals surface area contributed by atoms with Gasteiger partial charge in [0.25, 0.3) is 0 Å². The van der Waals surface area contributed by atoms with Crippen LogP contribution in [0, 0.1) is 6.92 Å². The van der Waals surface area contributed by atoms with Gasteiger partial charge in [0, 0.05) is 13.1 Å². The molecule has 1 aromatic rings. The fraction of sp³-hybridized carbons (Fsp3) is 0.538. The van der Waals surface area contributed by atoms with Gasteiger partial charge in [-0.2, -0.15) is 0 Å². The van der Waals surface area contributed by atoms with Gasteiger partial charge in [-0.1, -0.05) is 23.7 Å². The number of rotatable bonds is 4. The van der Waals surface area contributed by atoms with Crippen LogP contribution >= 0.6 is 11.6 Å². The van der Waals surface area contributed by atoms with E-state index in [0.29, 0.717) is 0 Å². The number of nitrogens with one attached hydrogen (secondary N) is 1. The van der Waals surface area contributed by atoms with E-state index in [1.807, 2.05) is 12.1 Å². The van der Waals surface area contributed by atoms with Crippen LogP contribution in [-0.4, -0.2) is 31.1 Å². The molecule has 0 aliphatic carbocycles. The summed E-state index contributed by atoms with van der Waals surface area (Å²) in [5, 5.41) is 4.26. The zero-order chi connectivity index (χ0) is 11.4. The molecule has 0 saturated carbocycles. The summed E-state index contributed by atoms with van der Waals surface area (Å²) >= 11 is 6.15. The largest absolute Gasteiger partial charge is 0.382 e. The number of para-hydroxylation sites is 1. The molecule has 2 nitrogen and oxygen atoms in total. The molecule has 2 rings (SSSR count). The van der Waals surface area contributed by atoms with E-state index in [9.17, 15) is 0 Å². The maximum Gasteiger partial charge on any atom is 0.0640 e. The van der Waals surface area contributed by atoms with Crippen LogP contribution in [-0.2, 0) is 0 Å². The zero-order valence-corrected chi connectivity index (χ0v) is 10.6. The third-order valence-electron chi connectivity index (χ3n) is 3.15. The summed E-state index contributed by atoms with van der Waals surface area (Å²) in [6.07, 6.45) is 2.70. The van der Waals surface area contributed by atoms with E-state index in [1.165, 1.54) is 31.5 Å². The SMILES string of the molecule is Cc1cccc(Cl)c1NCCN1CCCC1. The first-order chi connectivity index (χ1) is 7.77. The van der Waals surface area contributed by atoms with E-state index in [-0.39, 0.29) is 0 Å². The Morgan fingerprint density at radius 2 is 2.06 bits per heavy atom. The van der Waals surface area contributed by atoms with Crippen LogP contribution < -0.4 is 5.32 Å². The van der Waals surface area contributed by atoms with Crippen LogP contribution in [0.5, 0.6) is 0 Å². The van der Waals surface area contributed by atoms with Gasteiger partial charge in [-0.05, 0) is 44.5 Å². The summed E-state index contributed by atoms with van der Waals surface area (Å²) in [7, 11) is 0. The lowest BCUT2D eigenvalue weighted by atomic mass is 10.2. The molecule has 0 atom stereocenters. The fourth-order valence-electron chi connectivity index (χ4n) is 2.20. The topological polar surface area (TPSA) is 15.3 Å². The lowest BCUT2D eigenvalue weighted by Crippen LogP contribution is -2.26. The number of aryl methyl sites for hydroxylation is 1. The molecule has 1 heterocycles. The second-order valence-electron chi connectivity index (χ2n) is 4.41. The summed E-state index contributed by atoms with van der Waals surface area (Å²) in [6, 6.07) is 6.01. The molecule has 0 aromatic heterocycles. The minimum atomic E-state index is 0.821. The van der Waals surface area contributed by atoms with E-state index in [4.69, 9.17) is 11.6 Å². The number of nitrogens with zero attached hydrogens (tertiary/aromatic N) is 1. The van der Waals surface area contributed by atoms with Crippen LogP contribution in [0.1, 0.15) is 18.4 Å². The quantitative estimate of drug-likeness (QED) is 0.867. The first-order valence-corrected chi connectivity index (χ1v) is 6.36. The first-order valence-electron chi connectivity index (χ1n) is 5.99. The van der Waals surface area contributed by atoms with E-state index in [1.54, 1.807) is 0 Å². The van der Waals surface area contributed by atoms with Gasteiger partial charge in [0.15, 0.2) is 0 Å². The molecule has 0 spiro atoms. The molecule has 1 N–H and O–H groups in total. The predicted octanol–water partition coefficient (Wildman–Crippen LogP) is 3.16. The summed E-state index contributed by atoms with van der Waals surface area (Å²) < 4.78 is 0. The van der Waals surface area contributed by atoms with Crippen molar-refractivity contribution in [3.05, 3.63) is 28.8 Å². The average Bonchev–Trinajstić information content (AvgIpc) is 2.75. The van der Waals surface area contributed by atoms with Gasteiger partial charge in [-0.3, -0.25) is 0 Å². The summed E-state index contributed by atoms with van der Waals surface area (Å²) in [5.74, 6) is 0. The van der Waals surface area contributed by atoms with Crippen LogP contribution in [0.3, 0.4) is 0 Å². The third kappa shape index (κ3) is 2.89. The lowest BCUT2D eigenvalue weighted by Gasteiger charge is -2.16. The number of hydrogen-bond acceptors (Lipinski definition) is 2. The van der Waals surface area contributed by atoms with Crippen molar-refractivity contribution in [3.63, 3.8) is 0 Å². The maximum absolute atomic E-state index is 6.15. The van der Waals surface area contributed by atoms with E-state index < -0.39 is 0 Å². The highest BCUT2D eigenvalue weighted by Gasteiger charge is 2.10. The molecule has 1 fully saturated rings. The van der Waals surface area contributed by atoms with Gasteiger partial charge in [0.05, 0.1) is 10.7 Å². The number of likely N-dealkylation sites (tertiary alicyclic amines) is 1. The van der Waals surface area contributed by atoms with Crippen molar-refractivity contribution in [2.75, 3.05) is 31.5 Å². The van der Waals surface area contributed by atoms with Crippen LogP contribution in [0.25, 0.3) is 0 Å². The second kappa shape index (κ2) is 5.55. The summed E-state index contributed by atoms with van der Waals surface area (Å²) in [5.41, 5.74) is 2.30. The minimum Gasteiger partial charge on any atom is -0.382 e. The predicted molar refractivity (Wildman–Crippen MR) is 70.4 cm³/mol. The van der Waals surface area contributed by atoms with Crippen molar-refractivity contribution in [2.24, 2.45) is 0 Å². The molecule has 0 amide bonds. The number of anilines is 1. The monoisotopic (exact) mass is 238 g/mol. The Morgan fingerprint density at radius 3 is 2.75 bits per heavy atom. The molecule has 1 saturated heterocycles. The van der Waals surface area contributed by atoms with Gasteiger partial charge in [0.1, 0.15) is 0 Å².